The van der Waals surface area contributed by atoms with Crippen molar-refractivity contribution in [1.29, 1.82) is 0 Å². The molecule has 0 bridgehead atoms. The second-order valence-corrected chi connectivity index (χ2v) is 11.5. The first-order valence-corrected chi connectivity index (χ1v) is 11.7. The summed E-state index contributed by atoms with van der Waals surface area (Å²) >= 11 is 0. The number of benzene rings is 1. The van der Waals surface area contributed by atoms with Gasteiger partial charge in [0, 0.05) is 8.07 Å². The Kier molecular flexibility index (Phi) is 15.1. The van der Waals surface area contributed by atoms with E-state index in [0.717, 1.165) is 12.0 Å². The first-order chi connectivity index (χ1) is 10.8. The van der Waals surface area contributed by atoms with Crippen LogP contribution in [-0.4, -0.2) is 8.07 Å². The average Bonchev–Trinajstić information content (AvgIpc) is 3.05. The molecule has 0 amide bonds. The van der Waals surface area contributed by atoms with Crippen molar-refractivity contribution in [2.75, 3.05) is 0 Å². The average molecular weight is 464 g/mol. The van der Waals surface area contributed by atoms with Crippen molar-refractivity contribution in [3.8, 4) is 0 Å². The Morgan fingerprint density at radius 3 is 2.19 bits per heavy atom. The smallest absolute Gasteiger partial charge is 1.00 e. The van der Waals surface area contributed by atoms with Gasteiger partial charge in [0.15, 0.2) is 0 Å². The minimum atomic E-state index is -1.63. The molecule has 1 saturated carbocycles. The maximum atomic E-state index is 3.68. The summed E-state index contributed by atoms with van der Waals surface area (Å²) < 4.78 is 0. The van der Waals surface area contributed by atoms with Crippen LogP contribution in [0.5, 0.6) is 0 Å². The number of hydrogen-bond acceptors (Lipinski definition) is 0. The fourth-order valence-electron chi connectivity index (χ4n) is 4.57. The fraction of sp³-hybridized carbons (Fsp3) is 0.524. The second kappa shape index (κ2) is 13.6. The van der Waals surface area contributed by atoms with Gasteiger partial charge in [-0.05, 0) is 0 Å². The minimum Gasteiger partial charge on any atom is -1.00 e. The molecule has 0 heterocycles. The van der Waals surface area contributed by atoms with Gasteiger partial charge < -0.3 is 37.2 Å². The minimum absolute atomic E-state index is 0. The van der Waals surface area contributed by atoms with Crippen molar-refractivity contribution in [3.05, 3.63) is 53.3 Å². The maximum absolute atomic E-state index is 3.68. The normalized spacial score (nSPS) is 18.7. The molecule has 3 rings (SSSR count). The second-order valence-electron chi connectivity index (χ2n) is 7.13. The van der Waals surface area contributed by atoms with E-state index in [-0.39, 0.29) is 58.9 Å². The summed E-state index contributed by atoms with van der Waals surface area (Å²) in [4.78, 5) is 0. The van der Waals surface area contributed by atoms with Crippen molar-refractivity contribution in [2.45, 2.75) is 70.4 Å². The molecule has 0 aromatic heterocycles. The Hall–Kier alpha value is 0.501. The van der Waals surface area contributed by atoms with Crippen LogP contribution in [0.1, 0.15) is 58.3 Å². The Labute approximate surface area is 194 Å². The molecule has 26 heavy (non-hydrogen) atoms. The molecule has 0 saturated heterocycles. The van der Waals surface area contributed by atoms with Crippen molar-refractivity contribution in [1.82, 2.24) is 0 Å². The van der Waals surface area contributed by atoms with Crippen LogP contribution in [0, 0.1) is 6.08 Å². The first-order valence-electron chi connectivity index (χ1n) is 9.13. The molecule has 0 aliphatic heterocycles. The zero-order valence-electron chi connectivity index (χ0n) is 15.8. The van der Waals surface area contributed by atoms with E-state index in [2.05, 4.69) is 56.0 Å². The van der Waals surface area contributed by atoms with Crippen LogP contribution in [0.2, 0.25) is 12.1 Å². The van der Waals surface area contributed by atoms with Crippen LogP contribution in [0.3, 0.4) is 0 Å². The van der Waals surface area contributed by atoms with Gasteiger partial charge in [-0.15, -0.1) is 6.42 Å². The van der Waals surface area contributed by atoms with Gasteiger partial charge in [0.2, 0.25) is 0 Å². The summed E-state index contributed by atoms with van der Waals surface area (Å²) in [5.41, 5.74) is 2.48. The molecule has 5 heteroatoms. The summed E-state index contributed by atoms with van der Waals surface area (Å²) in [6.45, 7) is 4.94. The van der Waals surface area contributed by atoms with E-state index in [0.29, 0.717) is 0 Å². The summed E-state index contributed by atoms with van der Waals surface area (Å²) in [5.74, 6) is 0. The Morgan fingerprint density at radius 2 is 1.62 bits per heavy atom. The molecular weight excluding hydrogens is 435 g/mol. The van der Waals surface area contributed by atoms with Crippen LogP contribution in [0.25, 0.3) is 0 Å². The van der Waals surface area contributed by atoms with Gasteiger partial charge in [-0.2, -0.15) is 11.3 Å². The summed E-state index contributed by atoms with van der Waals surface area (Å²) in [5, 5.41) is 3.37. The Balaban J connectivity index is 0. The predicted molar refractivity (Wildman–Crippen MR) is 98.9 cm³/mol. The Bertz CT molecular complexity index is 568. The van der Waals surface area contributed by atoms with Crippen molar-refractivity contribution >= 4 is 13.3 Å². The molecule has 1 unspecified atom stereocenters. The van der Waals surface area contributed by atoms with E-state index >= 15 is 0 Å². The quantitative estimate of drug-likeness (QED) is 0.317. The van der Waals surface area contributed by atoms with Crippen LogP contribution in [0.4, 0.5) is 0 Å². The molecule has 0 N–H and O–H groups in total. The monoisotopic (exact) mass is 462 g/mol. The third-order valence-corrected chi connectivity index (χ3v) is 11.2. The van der Waals surface area contributed by atoms with Gasteiger partial charge in [-0.25, -0.2) is 5.57 Å². The molecule has 1 aromatic rings. The Morgan fingerprint density at radius 1 is 1.00 bits per heavy atom. The topological polar surface area (TPSA) is 0 Å². The van der Waals surface area contributed by atoms with Gasteiger partial charge >= 0.3 is 21.7 Å². The van der Waals surface area contributed by atoms with Gasteiger partial charge in [-0.3, -0.25) is 6.08 Å². The van der Waals surface area contributed by atoms with E-state index < -0.39 is 8.07 Å². The molecular formula is C21H29Cl3SiTi. The zero-order chi connectivity index (χ0) is 15.4. The first kappa shape index (κ1) is 28.7. The molecule has 0 spiro atoms. The van der Waals surface area contributed by atoms with Crippen molar-refractivity contribution < 1.29 is 58.9 Å². The van der Waals surface area contributed by atoms with Gasteiger partial charge in [-0.1, -0.05) is 99.5 Å². The SMILES string of the molecule is CCCC1=[C-]CC=C1[Si](C)(c1ccccc1)C1CCCCC1.[Cl-].[Cl-].[Cl-].[Ti+4]. The van der Waals surface area contributed by atoms with Crippen LogP contribution in [0.15, 0.2) is 47.2 Å². The van der Waals surface area contributed by atoms with E-state index in [9.17, 15) is 0 Å². The van der Waals surface area contributed by atoms with Crippen LogP contribution < -0.4 is 42.4 Å². The van der Waals surface area contributed by atoms with Gasteiger partial charge in [0.05, 0.1) is 0 Å². The number of allylic oxidation sites excluding steroid dienone is 4. The zero-order valence-corrected chi connectivity index (χ0v) is 20.7. The van der Waals surface area contributed by atoms with Gasteiger partial charge in [0.25, 0.3) is 0 Å². The van der Waals surface area contributed by atoms with E-state index in [4.69, 9.17) is 0 Å². The summed E-state index contributed by atoms with van der Waals surface area (Å²) in [6, 6.07) is 11.5. The molecule has 0 radical (unpaired) electrons. The molecule has 1 aromatic carbocycles. The van der Waals surface area contributed by atoms with Crippen molar-refractivity contribution in [3.63, 3.8) is 0 Å². The predicted octanol–water partition coefficient (Wildman–Crippen LogP) is -3.29. The number of hydrogen-bond donors (Lipinski definition) is 0. The maximum Gasteiger partial charge on any atom is 4.00 e. The standard InChI is InChI=1S/C21H29Si.3ClH.Ti/c1-3-11-18-12-10-17-21(18)22(2,19-13-6-4-7-14-19)20-15-8-5-9-16-20;;;;/h4,6-7,13-14,17,20H,3,5,8-11,15-16H2,1-2H3;3*1H;/q-1;;;;+4/p-3. The van der Waals surface area contributed by atoms with E-state index in [1.165, 1.54) is 44.9 Å². The van der Waals surface area contributed by atoms with Crippen molar-refractivity contribution in [2.24, 2.45) is 0 Å². The molecule has 142 valence electrons. The van der Waals surface area contributed by atoms with Gasteiger partial charge in [0.1, 0.15) is 0 Å². The molecule has 2 aliphatic carbocycles. The molecule has 2 aliphatic rings. The largest absolute Gasteiger partial charge is 4.00 e. The third-order valence-electron chi connectivity index (χ3n) is 5.80. The van der Waals surface area contributed by atoms with Crippen LogP contribution >= 0.6 is 0 Å². The van der Waals surface area contributed by atoms with E-state index in [1.54, 1.807) is 16.0 Å². The summed E-state index contributed by atoms with van der Waals surface area (Å²) in [7, 11) is -1.63. The van der Waals surface area contributed by atoms with Crippen LogP contribution in [-0.2, 0) is 21.7 Å². The fourth-order valence-corrected chi connectivity index (χ4v) is 9.61. The number of halogens is 3. The summed E-state index contributed by atoms with van der Waals surface area (Å²) in [6.07, 6.45) is 16.9. The molecule has 1 atom stereocenters. The molecule has 0 nitrogen and oxygen atoms in total. The third kappa shape index (κ3) is 6.00. The number of rotatable bonds is 5. The molecule has 1 fully saturated rings. The van der Waals surface area contributed by atoms with E-state index in [1.807, 2.05) is 0 Å².